The van der Waals surface area contributed by atoms with Gasteiger partial charge >= 0.3 is 0 Å². The lowest BCUT2D eigenvalue weighted by molar-refractivity contribution is -0.0768. The molecule has 3 rings (SSSR count). The maximum Gasteiger partial charge on any atom is 0.271 e. The largest absolute Gasteiger partial charge is 0.388 e. The molecule has 0 spiro atoms. The van der Waals surface area contributed by atoms with Gasteiger partial charge in [0.25, 0.3) is 11.8 Å². The van der Waals surface area contributed by atoms with Crippen LogP contribution in [0.25, 0.3) is 0 Å². The molecule has 0 saturated carbocycles. The van der Waals surface area contributed by atoms with E-state index in [1.54, 1.807) is 11.0 Å². The molecule has 0 bridgehead atoms. The molecule has 0 aliphatic carbocycles. The zero-order valence-electron chi connectivity index (χ0n) is 13.7. The summed E-state index contributed by atoms with van der Waals surface area (Å²) in [6.45, 7) is 2.06. The Labute approximate surface area is 139 Å². The second kappa shape index (κ2) is 6.76. The number of alkyl halides is 2. The van der Waals surface area contributed by atoms with Gasteiger partial charge in [-0.1, -0.05) is 0 Å². The third-order valence-corrected chi connectivity index (χ3v) is 5.04. The van der Waals surface area contributed by atoms with Gasteiger partial charge < -0.3 is 14.9 Å². The average molecular weight is 342 g/mol. The lowest BCUT2D eigenvalue weighted by Gasteiger charge is -2.37. The number of likely N-dealkylation sites (tertiary alicyclic amines) is 2. The maximum absolute atomic E-state index is 13.3. The third-order valence-electron chi connectivity index (χ3n) is 5.04. The molecule has 2 fully saturated rings. The Morgan fingerprint density at radius 2 is 1.96 bits per heavy atom. The van der Waals surface area contributed by atoms with Crippen LogP contribution in [0, 0.1) is 0 Å². The number of aliphatic hydroxyl groups is 1. The molecule has 2 saturated heterocycles. The predicted molar refractivity (Wildman–Crippen MR) is 83.9 cm³/mol. The Morgan fingerprint density at radius 1 is 1.21 bits per heavy atom. The van der Waals surface area contributed by atoms with Crippen LogP contribution in [-0.2, 0) is 0 Å². The number of aromatic nitrogens is 2. The van der Waals surface area contributed by atoms with E-state index in [-0.39, 0.29) is 18.7 Å². The Balaban J connectivity index is 1.55. The Bertz CT molecular complexity index is 556. The summed E-state index contributed by atoms with van der Waals surface area (Å²) in [7, 11) is 0. The number of nitrogens with zero attached hydrogens (tertiary/aromatic N) is 3. The van der Waals surface area contributed by atoms with Crippen molar-refractivity contribution in [1.29, 1.82) is 0 Å². The number of carbonyl (C=O) groups is 1. The van der Waals surface area contributed by atoms with Crippen molar-refractivity contribution in [3.63, 3.8) is 0 Å². The number of piperidine rings is 1. The summed E-state index contributed by atoms with van der Waals surface area (Å²) >= 11 is 0. The van der Waals surface area contributed by atoms with E-state index in [1.807, 2.05) is 4.90 Å². The van der Waals surface area contributed by atoms with Gasteiger partial charge in [0.05, 0.1) is 5.60 Å². The summed E-state index contributed by atoms with van der Waals surface area (Å²) in [5.74, 6) is -2.69. The van der Waals surface area contributed by atoms with Crippen molar-refractivity contribution in [2.45, 2.75) is 43.6 Å². The smallest absolute Gasteiger partial charge is 0.271 e. The molecular formula is C16H24F2N4O2. The van der Waals surface area contributed by atoms with Crippen LogP contribution in [0.15, 0.2) is 12.3 Å². The number of aromatic amines is 1. The van der Waals surface area contributed by atoms with E-state index < -0.39 is 11.5 Å². The Hall–Kier alpha value is -1.54. The van der Waals surface area contributed by atoms with E-state index in [0.29, 0.717) is 57.7 Å². The van der Waals surface area contributed by atoms with Gasteiger partial charge in [0, 0.05) is 51.8 Å². The number of halogens is 2. The third kappa shape index (κ3) is 4.10. The van der Waals surface area contributed by atoms with Crippen molar-refractivity contribution in [3.05, 3.63) is 18.0 Å². The molecule has 2 aliphatic rings. The van der Waals surface area contributed by atoms with E-state index in [4.69, 9.17) is 0 Å². The number of β-amino-alcohol motifs (C(OH)–C–C–N with tert-alkyl or cyclic N) is 1. The lowest BCUT2D eigenvalue weighted by atomic mass is 9.93. The highest BCUT2D eigenvalue weighted by Gasteiger charge is 2.38. The minimum absolute atomic E-state index is 0.116. The number of H-pyrrole nitrogens is 1. The van der Waals surface area contributed by atoms with Gasteiger partial charge in [-0.25, -0.2) is 8.78 Å². The van der Waals surface area contributed by atoms with Crippen LogP contribution in [0.1, 0.15) is 42.6 Å². The summed E-state index contributed by atoms with van der Waals surface area (Å²) in [5, 5.41) is 17.3. The molecule has 2 aliphatic heterocycles. The number of hydrogen-bond acceptors (Lipinski definition) is 4. The molecule has 1 aromatic rings. The minimum atomic E-state index is -2.57. The zero-order chi connectivity index (χ0) is 17.2. The SMILES string of the molecule is O=C(c1ccn[nH]1)N1CCCC(O)(CN2CCC(F)(F)CC2)CC1. The summed E-state index contributed by atoms with van der Waals surface area (Å²) in [6.07, 6.45) is 2.97. The quantitative estimate of drug-likeness (QED) is 0.873. The molecule has 24 heavy (non-hydrogen) atoms. The first kappa shape index (κ1) is 17.3. The van der Waals surface area contributed by atoms with Crippen LogP contribution in [0.5, 0.6) is 0 Å². The molecule has 0 aromatic carbocycles. The highest BCUT2D eigenvalue weighted by Crippen LogP contribution is 2.30. The van der Waals surface area contributed by atoms with E-state index in [9.17, 15) is 18.7 Å². The van der Waals surface area contributed by atoms with E-state index in [0.717, 1.165) is 0 Å². The standard InChI is InChI=1S/C16H24F2N4O2/c17-16(18)5-9-21(10-6-16)12-15(24)3-1-8-22(11-4-15)14(23)13-2-7-19-20-13/h2,7,24H,1,3-6,8-12H2,(H,19,20). The fraction of sp³-hybridized carbons (Fsp3) is 0.750. The van der Waals surface area contributed by atoms with Gasteiger partial charge in [0.2, 0.25) is 0 Å². The molecule has 1 unspecified atom stereocenters. The molecule has 0 radical (unpaired) electrons. The molecule has 2 N–H and O–H groups in total. The van der Waals surface area contributed by atoms with E-state index in [2.05, 4.69) is 10.2 Å². The van der Waals surface area contributed by atoms with Gasteiger partial charge in [-0.3, -0.25) is 9.89 Å². The van der Waals surface area contributed by atoms with Crippen molar-refractivity contribution in [3.8, 4) is 0 Å². The highest BCUT2D eigenvalue weighted by molar-refractivity contribution is 5.92. The molecule has 3 heterocycles. The predicted octanol–water partition coefficient (Wildman–Crippen LogP) is 1.50. The average Bonchev–Trinajstić information content (AvgIpc) is 3.00. The van der Waals surface area contributed by atoms with Crippen LogP contribution in [0.4, 0.5) is 8.78 Å². The number of hydrogen-bond donors (Lipinski definition) is 2. The van der Waals surface area contributed by atoms with Gasteiger partial charge in [-0.15, -0.1) is 0 Å². The van der Waals surface area contributed by atoms with Crippen molar-refractivity contribution in [2.75, 3.05) is 32.7 Å². The summed E-state index contributed by atoms with van der Waals surface area (Å²) in [6, 6.07) is 1.63. The van der Waals surface area contributed by atoms with Gasteiger partial charge in [0.1, 0.15) is 5.69 Å². The number of amides is 1. The number of carbonyl (C=O) groups excluding carboxylic acids is 1. The van der Waals surface area contributed by atoms with Crippen LogP contribution >= 0.6 is 0 Å². The minimum Gasteiger partial charge on any atom is -0.388 e. The Kier molecular flexibility index (Phi) is 4.87. The lowest BCUT2D eigenvalue weighted by Crippen LogP contribution is -2.48. The molecule has 1 aromatic heterocycles. The van der Waals surface area contributed by atoms with Crippen molar-refractivity contribution in [2.24, 2.45) is 0 Å². The van der Waals surface area contributed by atoms with E-state index in [1.165, 1.54) is 6.20 Å². The van der Waals surface area contributed by atoms with Crippen LogP contribution in [0.3, 0.4) is 0 Å². The fourth-order valence-electron chi connectivity index (χ4n) is 3.54. The molecule has 1 amide bonds. The molecular weight excluding hydrogens is 318 g/mol. The first-order chi connectivity index (χ1) is 11.4. The number of nitrogens with one attached hydrogen (secondary N) is 1. The molecule has 6 nitrogen and oxygen atoms in total. The number of rotatable bonds is 3. The van der Waals surface area contributed by atoms with Gasteiger partial charge in [-0.05, 0) is 25.3 Å². The molecule has 134 valence electrons. The summed E-state index contributed by atoms with van der Waals surface area (Å²) < 4.78 is 26.5. The Morgan fingerprint density at radius 3 is 2.62 bits per heavy atom. The van der Waals surface area contributed by atoms with Gasteiger partial charge in [0.15, 0.2) is 0 Å². The first-order valence-electron chi connectivity index (χ1n) is 8.48. The van der Waals surface area contributed by atoms with Crippen molar-refractivity contribution < 1.29 is 18.7 Å². The summed E-state index contributed by atoms with van der Waals surface area (Å²) in [4.78, 5) is 16.0. The van der Waals surface area contributed by atoms with Crippen molar-refractivity contribution in [1.82, 2.24) is 20.0 Å². The highest BCUT2D eigenvalue weighted by atomic mass is 19.3. The normalized spacial score (nSPS) is 28.5. The maximum atomic E-state index is 13.3. The monoisotopic (exact) mass is 342 g/mol. The van der Waals surface area contributed by atoms with Crippen LogP contribution < -0.4 is 0 Å². The molecule has 1 atom stereocenters. The zero-order valence-corrected chi connectivity index (χ0v) is 13.7. The van der Waals surface area contributed by atoms with Gasteiger partial charge in [-0.2, -0.15) is 5.10 Å². The second-order valence-corrected chi connectivity index (χ2v) is 6.97. The molecule has 8 heteroatoms. The van der Waals surface area contributed by atoms with E-state index >= 15 is 0 Å². The van der Waals surface area contributed by atoms with Crippen molar-refractivity contribution >= 4 is 5.91 Å². The van der Waals surface area contributed by atoms with Crippen LogP contribution in [-0.4, -0.2) is 75.3 Å². The summed E-state index contributed by atoms with van der Waals surface area (Å²) in [5.41, 5.74) is -0.478. The van der Waals surface area contributed by atoms with Crippen LogP contribution in [0.2, 0.25) is 0 Å². The fourth-order valence-corrected chi connectivity index (χ4v) is 3.54. The first-order valence-corrected chi connectivity index (χ1v) is 8.48. The second-order valence-electron chi connectivity index (χ2n) is 6.97. The topological polar surface area (TPSA) is 72.5 Å².